The molecule has 0 saturated carbocycles. The predicted octanol–water partition coefficient (Wildman–Crippen LogP) is 2.05. The van der Waals surface area contributed by atoms with Crippen LogP contribution in [-0.2, 0) is 11.2 Å². The summed E-state index contributed by atoms with van der Waals surface area (Å²) in [4.78, 5) is 30.5. The van der Waals surface area contributed by atoms with Crippen molar-refractivity contribution in [2.75, 3.05) is 20.2 Å². The van der Waals surface area contributed by atoms with Crippen molar-refractivity contribution in [3.05, 3.63) is 59.8 Å². The Labute approximate surface area is 153 Å². The maximum atomic E-state index is 12.4. The highest BCUT2D eigenvalue weighted by molar-refractivity contribution is 5.97. The fourth-order valence-corrected chi connectivity index (χ4v) is 3.19. The van der Waals surface area contributed by atoms with Crippen LogP contribution in [0, 0.1) is 0 Å². The minimum absolute atomic E-state index is 0.0847. The molecule has 2 amide bonds. The van der Waals surface area contributed by atoms with Crippen molar-refractivity contribution in [2.45, 2.75) is 25.3 Å². The number of amides is 2. The second-order valence-electron chi connectivity index (χ2n) is 6.36. The first-order chi connectivity index (χ1) is 12.7. The first kappa shape index (κ1) is 17.9. The van der Waals surface area contributed by atoms with Gasteiger partial charge in [-0.25, -0.2) is 4.98 Å². The van der Waals surface area contributed by atoms with Crippen LogP contribution in [0.15, 0.2) is 48.7 Å². The molecule has 136 valence electrons. The first-order valence-electron chi connectivity index (χ1n) is 8.79. The monoisotopic (exact) mass is 353 g/mol. The number of carbonyl (C=O) groups is 2. The molecule has 1 N–H and O–H groups in total. The van der Waals surface area contributed by atoms with E-state index in [9.17, 15) is 9.59 Å². The molecule has 1 aliphatic rings. The summed E-state index contributed by atoms with van der Waals surface area (Å²) < 4.78 is 5.12. The zero-order chi connectivity index (χ0) is 18.4. The standard InChI is InChI=1S/C20H23N3O3/c1-26-20-17(10-5-11-21-20)19(25)22-16-13-18(24)23(14-16)12-6-9-15-7-3-2-4-8-15/h2-5,7-8,10-11,16H,6,9,12-14H2,1H3,(H,22,25). The molecule has 1 aromatic heterocycles. The van der Waals surface area contributed by atoms with Crippen molar-refractivity contribution in [1.29, 1.82) is 0 Å². The number of benzene rings is 1. The summed E-state index contributed by atoms with van der Waals surface area (Å²) in [6, 6.07) is 13.4. The second-order valence-corrected chi connectivity index (χ2v) is 6.36. The number of pyridine rings is 1. The van der Waals surface area contributed by atoms with Crippen molar-refractivity contribution in [3.8, 4) is 5.88 Å². The highest BCUT2D eigenvalue weighted by Gasteiger charge is 2.30. The van der Waals surface area contributed by atoms with Crippen molar-refractivity contribution >= 4 is 11.8 Å². The van der Waals surface area contributed by atoms with Crippen molar-refractivity contribution in [1.82, 2.24) is 15.2 Å². The lowest BCUT2D eigenvalue weighted by Gasteiger charge is -2.17. The number of nitrogens with zero attached hydrogens (tertiary/aromatic N) is 2. The Balaban J connectivity index is 1.50. The fraction of sp³-hybridized carbons (Fsp3) is 0.350. The Morgan fingerprint density at radius 1 is 1.27 bits per heavy atom. The zero-order valence-electron chi connectivity index (χ0n) is 14.9. The maximum absolute atomic E-state index is 12.4. The Kier molecular flexibility index (Phi) is 5.84. The van der Waals surface area contributed by atoms with E-state index >= 15 is 0 Å². The summed E-state index contributed by atoms with van der Waals surface area (Å²) in [5, 5.41) is 2.92. The molecule has 26 heavy (non-hydrogen) atoms. The minimum Gasteiger partial charge on any atom is -0.480 e. The van der Waals surface area contributed by atoms with E-state index in [1.807, 2.05) is 23.1 Å². The van der Waals surface area contributed by atoms with Crippen molar-refractivity contribution < 1.29 is 14.3 Å². The van der Waals surface area contributed by atoms with Crippen LogP contribution in [0.25, 0.3) is 0 Å². The SMILES string of the molecule is COc1ncccc1C(=O)NC1CC(=O)N(CCCc2ccccc2)C1. The van der Waals surface area contributed by atoms with Gasteiger partial charge >= 0.3 is 0 Å². The largest absolute Gasteiger partial charge is 0.480 e. The van der Waals surface area contributed by atoms with E-state index in [4.69, 9.17) is 4.74 Å². The average molecular weight is 353 g/mol. The quantitative estimate of drug-likeness (QED) is 0.827. The zero-order valence-corrected chi connectivity index (χ0v) is 14.9. The molecular formula is C20H23N3O3. The maximum Gasteiger partial charge on any atom is 0.257 e. The molecule has 0 aliphatic carbocycles. The Hall–Kier alpha value is -2.89. The van der Waals surface area contributed by atoms with Gasteiger partial charge in [0.15, 0.2) is 0 Å². The summed E-state index contributed by atoms with van der Waals surface area (Å²) in [5.41, 5.74) is 1.65. The molecule has 1 saturated heterocycles. The number of aryl methyl sites for hydroxylation is 1. The van der Waals surface area contributed by atoms with E-state index < -0.39 is 0 Å². The summed E-state index contributed by atoms with van der Waals surface area (Å²) in [6.07, 6.45) is 3.75. The van der Waals surface area contributed by atoms with Crippen LogP contribution in [0.2, 0.25) is 0 Å². The molecule has 3 rings (SSSR count). The average Bonchev–Trinajstić information content (AvgIpc) is 3.01. The van der Waals surface area contributed by atoms with Crippen LogP contribution in [0.4, 0.5) is 0 Å². The molecular weight excluding hydrogens is 330 g/mol. The molecule has 0 radical (unpaired) electrons. The van der Waals surface area contributed by atoms with Gasteiger partial charge in [0.1, 0.15) is 5.56 Å². The molecule has 1 unspecified atom stereocenters. The van der Waals surface area contributed by atoms with Crippen LogP contribution in [0.1, 0.15) is 28.8 Å². The van der Waals surface area contributed by atoms with Crippen LogP contribution in [-0.4, -0.2) is 47.9 Å². The lowest BCUT2D eigenvalue weighted by atomic mass is 10.1. The summed E-state index contributed by atoms with van der Waals surface area (Å²) >= 11 is 0. The molecule has 1 atom stereocenters. The van der Waals surface area contributed by atoms with Gasteiger partial charge in [-0.2, -0.15) is 0 Å². The number of hydrogen-bond donors (Lipinski definition) is 1. The molecule has 2 heterocycles. The first-order valence-corrected chi connectivity index (χ1v) is 8.79. The van der Waals surface area contributed by atoms with Crippen LogP contribution in [0.3, 0.4) is 0 Å². The Morgan fingerprint density at radius 3 is 2.85 bits per heavy atom. The number of rotatable bonds is 7. The topological polar surface area (TPSA) is 71.5 Å². The van der Waals surface area contributed by atoms with Gasteiger partial charge in [-0.1, -0.05) is 30.3 Å². The predicted molar refractivity (Wildman–Crippen MR) is 98.0 cm³/mol. The lowest BCUT2D eigenvalue weighted by molar-refractivity contribution is -0.127. The molecule has 0 spiro atoms. The fourth-order valence-electron chi connectivity index (χ4n) is 3.19. The van der Waals surface area contributed by atoms with Crippen LogP contribution < -0.4 is 10.1 Å². The normalized spacial score (nSPS) is 16.6. The van der Waals surface area contributed by atoms with E-state index in [0.29, 0.717) is 25.1 Å². The van der Waals surface area contributed by atoms with Gasteiger partial charge in [-0.05, 0) is 30.5 Å². The third-order valence-corrected chi connectivity index (χ3v) is 4.50. The molecule has 6 heteroatoms. The molecule has 1 aliphatic heterocycles. The highest BCUT2D eigenvalue weighted by atomic mass is 16.5. The minimum atomic E-state index is -0.265. The number of likely N-dealkylation sites (tertiary alicyclic amines) is 1. The van der Waals surface area contributed by atoms with Crippen LogP contribution in [0.5, 0.6) is 5.88 Å². The van der Waals surface area contributed by atoms with Crippen molar-refractivity contribution in [2.24, 2.45) is 0 Å². The van der Waals surface area contributed by atoms with Gasteiger partial charge in [-0.15, -0.1) is 0 Å². The molecule has 1 fully saturated rings. The van der Waals surface area contributed by atoms with E-state index in [2.05, 4.69) is 22.4 Å². The van der Waals surface area contributed by atoms with Gasteiger partial charge in [0.2, 0.25) is 11.8 Å². The molecule has 2 aromatic rings. The van der Waals surface area contributed by atoms with Crippen LogP contribution >= 0.6 is 0 Å². The number of hydrogen-bond acceptors (Lipinski definition) is 4. The highest BCUT2D eigenvalue weighted by Crippen LogP contribution is 2.16. The second kappa shape index (κ2) is 8.47. The van der Waals surface area contributed by atoms with Gasteiger partial charge in [0, 0.05) is 25.7 Å². The third-order valence-electron chi connectivity index (χ3n) is 4.50. The number of aromatic nitrogens is 1. The lowest BCUT2D eigenvalue weighted by Crippen LogP contribution is -2.37. The summed E-state index contributed by atoms with van der Waals surface area (Å²) in [7, 11) is 1.48. The van der Waals surface area contributed by atoms with E-state index in [1.54, 1.807) is 18.3 Å². The number of ether oxygens (including phenoxy) is 1. The van der Waals surface area contributed by atoms with Gasteiger partial charge in [-0.3, -0.25) is 9.59 Å². The van der Waals surface area contributed by atoms with E-state index in [1.165, 1.54) is 12.7 Å². The molecule has 0 bridgehead atoms. The van der Waals surface area contributed by atoms with E-state index in [-0.39, 0.29) is 23.7 Å². The smallest absolute Gasteiger partial charge is 0.257 e. The molecule has 1 aromatic carbocycles. The van der Waals surface area contributed by atoms with Gasteiger partial charge in [0.25, 0.3) is 5.91 Å². The Morgan fingerprint density at radius 2 is 2.08 bits per heavy atom. The van der Waals surface area contributed by atoms with Gasteiger partial charge in [0.05, 0.1) is 13.2 Å². The summed E-state index contributed by atoms with van der Waals surface area (Å²) in [5.74, 6) is 0.106. The number of methoxy groups -OCH3 is 1. The Bertz CT molecular complexity index is 764. The van der Waals surface area contributed by atoms with Gasteiger partial charge < -0.3 is 15.0 Å². The third kappa shape index (κ3) is 4.39. The number of nitrogens with one attached hydrogen (secondary N) is 1. The van der Waals surface area contributed by atoms with E-state index in [0.717, 1.165) is 12.8 Å². The molecule has 6 nitrogen and oxygen atoms in total. The van der Waals surface area contributed by atoms with Crippen molar-refractivity contribution in [3.63, 3.8) is 0 Å². The number of carbonyl (C=O) groups excluding carboxylic acids is 2. The summed E-state index contributed by atoms with van der Waals surface area (Å²) in [6.45, 7) is 1.25.